The van der Waals surface area contributed by atoms with Crippen molar-refractivity contribution in [3.8, 4) is 0 Å². The van der Waals surface area contributed by atoms with Crippen molar-refractivity contribution in [3.63, 3.8) is 0 Å². The fourth-order valence-corrected chi connectivity index (χ4v) is 3.20. The molecule has 1 fully saturated rings. The van der Waals surface area contributed by atoms with Crippen LogP contribution < -0.4 is 5.32 Å². The lowest BCUT2D eigenvalue weighted by atomic mass is 9.97. The van der Waals surface area contributed by atoms with Gasteiger partial charge in [0.25, 0.3) is 0 Å². The first kappa shape index (κ1) is 15.3. The van der Waals surface area contributed by atoms with Crippen molar-refractivity contribution in [3.05, 3.63) is 33.4 Å². The van der Waals surface area contributed by atoms with Gasteiger partial charge in [-0.25, -0.2) is 0 Å². The predicted octanol–water partition coefficient (Wildman–Crippen LogP) is 3.50. The van der Waals surface area contributed by atoms with Gasteiger partial charge >= 0.3 is 0 Å². The topological polar surface area (TPSA) is 15.3 Å². The van der Waals surface area contributed by atoms with E-state index in [-0.39, 0.29) is 0 Å². The maximum Gasteiger partial charge on any atom is 0.0247 e. The van der Waals surface area contributed by atoms with Crippen molar-refractivity contribution in [2.75, 3.05) is 13.1 Å². The summed E-state index contributed by atoms with van der Waals surface area (Å²) in [5.41, 5.74) is 1.43. The van der Waals surface area contributed by atoms with Gasteiger partial charge in [0.1, 0.15) is 0 Å². The Morgan fingerprint density at radius 3 is 2.58 bits per heavy atom. The van der Waals surface area contributed by atoms with Gasteiger partial charge in [-0.2, -0.15) is 0 Å². The summed E-state index contributed by atoms with van der Waals surface area (Å²) in [6.45, 7) is 10.3. The second kappa shape index (κ2) is 7.04. The summed E-state index contributed by atoms with van der Waals surface area (Å²) >= 11 is 2.37. The van der Waals surface area contributed by atoms with Gasteiger partial charge in [-0.3, -0.25) is 4.90 Å². The first-order chi connectivity index (χ1) is 9.10. The van der Waals surface area contributed by atoms with E-state index in [1.54, 1.807) is 0 Å². The van der Waals surface area contributed by atoms with Gasteiger partial charge in [-0.15, -0.1) is 0 Å². The van der Waals surface area contributed by atoms with E-state index in [0.29, 0.717) is 18.0 Å². The zero-order valence-electron chi connectivity index (χ0n) is 12.2. The van der Waals surface area contributed by atoms with Crippen molar-refractivity contribution in [1.82, 2.24) is 10.2 Å². The molecule has 0 spiro atoms. The molecule has 0 saturated carbocycles. The van der Waals surface area contributed by atoms with Gasteiger partial charge in [0, 0.05) is 35.3 Å². The Morgan fingerprint density at radius 2 is 2.00 bits per heavy atom. The van der Waals surface area contributed by atoms with E-state index in [9.17, 15) is 0 Å². The standard InChI is InChI=1S/C16H25IN2/c1-4-15-11-19(16(9-18-15)12(2)3)10-13-5-7-14(17)8-6-13/h5-8,12,15-16,18H,4,9-11H2,1-3H3. The molecule has 2 nitrogen and oxygen atoms in total. The van der Waals surface area contributed by atoms with Crippen molar-refractivity contribution >= 4 is 22.6 Å². The molecule has 19 heavy (non-hydrogen) atoms. The summed E-state index contributed by atoms with van der Waals surface area (Å²) in [5, 5.41) is 3.68. The summed E-state index contributed by atoms with van der Waals surface area (Å²) in [6.07, 6.45) is 1.22. The van der Waals surface area contributed by atoms with Gasteiger partial charge in [0.2, 0.25) is 0 Å². The second-order valence-electron chi connectivity index (χ2n) is 5.88. The number of benzene rings is 1. The minimum atomic E-state index is 0.652. The van der Waals surface area contributed by atoms with Crippen LogP contribution in [-0.2, 0) is 6.54 Å². The Kier molecular flexibility index (Phi) is 5.66. The molecule has 0 bridgehead atoms. The molecular weight excluding hydrogens is 347 g/mol. The summed E-state index contributed by atoms with van der Waals surface area (Å²) in [7, 11) is 0. The van der Waals surface area contributed by atoms with Crippen LogP contribution in [-0.4, -0.2) is 30.1 Å². The van der Waals surface area contributed by atoms with Crippen molar-refractivity contribution in [1.29, 1.82) is 0 Å². The third kappa shape index (κ3) is 4.17. The number of hydrogen-bond acceptors (Lipinski definition) is 2. The molecule has 1 N–H and O–H groups in total. The van der Waals surface area contributed by atoms with E-state index in [1.165, 1.54) is 22.1 Å². The third-order valence-corrected chi connectivity index (χ3v) is 4.82. The molecule has 1 saturated heterocycles. The number of rotatable bonds is 4. The first-order valence-electron chi connectivity index (χ1n) is 7.32. The molecule has 0 aliphatic carbocycles. The predicted molar refractivity (Wildman–Crippen MR) is 90.3 cm³/mol. The molecule has 2 unspecified atom stereocenters. The van der Waals surface area contributed by atoms with Crippen molar-refractivity contribution in [2.24, 2.45) is 5.92 Å². The molecule has 1 aromatic rings. The summed E-state index contributed by atoms with van der Waals surface area (Å²) in [6, 6.07) is 10.3. The average Bonchev–Trinajstić information content (AvgIpc) is 2.41. The third-order valence-electron chi connectivity index (χ3n) is 4.10. The van der Waals surface area contributed by atoms with Gasteiger partial charge in [0.05, 0.1) is 0 Å². The zero-order valence-corrected chi connectivity index (χ0v) is 14.4. The maximum absolute atomic E-state index is 3.68. The van der Waals surface area contributed by atoms with E-state index in [0.717, 1.165) is 13.1 Å². The summed E-state index contributed by atoms with van der Waals surface area (Å²) in [5.74, 6) is 0.703. The Bertz CT molecular complexity index is 388. The van der Waals surface area contributed by atoms with E-state index in [1.807, 2.05) is 0 Å². The molecule has 1 aliphatic heterocycles. The highest BCUT2D eigenvalue weighted by Crippen LogP contribution is 2.19. The molecule has 106 valence electrons. The molecule has 2 rings (SSSR count). The quantitative estimate of drug-likeness (QED) is 0.814. The highest BCUT2D eigenvalue weighted by Gasteiger charge is 2.28. The minimum Gasteiger partial charge on any atom is -0.311 e. The van der Waals surface area contributed by atoms with Crippen LogP contribution in [0.15, 0.2) is 24.3 Å². The van der Waals surface area contributed by atoms with Crippen LogP contribution in [0.2, 0.25) is 0 Å². The molecule has 1 heterocycles. The van der Waals surface area contributed by atoms with Crippen LogP contribution >= 0.6 is 22.6 Å². The smallest absolute Gasteiger partial charge is 0.0247 e. The van der Waals surface area contributed by atoms with Gasteiger partial charge in [-0.1, -0.05) is 32.9 Å². The SMILES string of the molecule is CCC1CN(Cc2ccc(I)cc2)C(C(C)C)CN1. The van der Waals surface area contributed by atoms with Crippen LogP contribution in [0.1, 0.15) is 32.8 Å². The number of nitrogens with zero attached hydrogens (tertiary/aromatic N) is 1. The summed E-state index contributed by atoms with van der Waals surface area (Å²) < 4.78 is 1.31. The highest BCUT2D eigenvalue weighted by molar-refractivity contribution is 14.1. The lowest BCUT2D eigenvalue weighted by Crippen LogP contribution is -2.57. The largest absolute Gasteiger partial charge is 0.311 e. The van der Waals surface area contributed by atoms with Crippen LogP contribution in [0.3, 0.4) is 0 Å². The lowest BCUT2D eigenvalue weighted by molar-refractivity contribution is 0.0900. The molecular formula is C16H25IN2. The average molecular weight is 372 g/mol. The van der Waals surface area contributed by atoms with Crippen molar-refractivity contribution in [2.45, 2.75) is 45.8 Å². The number of hydrogen-bond donors (Lipinski definition) is 1. The Morgan fingerprint density at radius 1 is 1.32 bits per heavy atom. The van der Waals surface area contributed by atoms with Gasteiger partial charge < -0.3 is 5.32 Å². The maximum atomic E-state index is 3.68. The zero-order chi connectivity index (χ0) is 13.8. The van der Waals surface area contributed by atoms with E-state index in [2.05, 4.69) is 77.8 Å². The second-order valence-corrected chi connectivity index (χ2v) is 7.13. The normalized spacial score (nSPS) is 24.9. The molecule has 1 aliphatic rings. The molecule has 2 atom stereocenters. The minimum absolute atomic E-state index is 0.652. The molecule has 1 aromatic carbocycles. The highest BCUT2D eigenvalue weighted by atomic mass is 127. The van der Waals surface area contributed by atoms with Gasteiger partial charge in [-0.05, 0) is 52.6 Å². The summed E-state index contributed by atoms with van der Waals surface area (Å²) in [4.78, 5) is 2.66. The fourth-order valence-electron chi connectivity index (χ4n) is 2.84. The Balaban J connectivity index is 2.06. The van der Waals surface area contributed by atoms with Crippen LogP contribution in [0, 0.1) is 9.49 Å². The number of halogens is 1. The molecule has 0 amide bonds. The van der Waals surface area contributed by atoms with Gasteiger partial charge in [0.15, 0.2) is 0 Å². The Hall–Kier alpha value is -0.130. The Labute approximate surface area is 131 Å². The van der Waals surface area contributed by atoms with E-state index >= 15 is 0 Å². The molecule has 0 radical (unpaired) electrons. The molecule has 3 heteroatoms. The lowest BCUT2D eigenvalue weighted by Gasteiger charge is -2.42. The monoisotopic (exact) mass is 372 g/mol. The van der Waals surface area contributed by atoms with Crippen LogP contribution in [0.25, 0.3) is 0 Å². The van der Waals surface area contributed by atoms with Crippen molar-refractivity contribution < 1.29 is 0 Å². The van der Waals surface area contributed by atoms with Crippen LogP contribution in [0.5, 0.6) is 0 Å². The van der Waals surface area contributed by atoms with E-state index < -0.39 is 0 Å². The van der Waals surface area contributed by atoms with E-state index in [4.69, 9.17) is 0 Å². The van der Waals surface area contributed by atoms with Crippen LogP contribution in [0.4, 0.5) is 0 Å². The first-order valence-corrected chi connectivity index (χ1v) is 8.40. The fraction of sp³-hybridized carbons (Fsp3) is 0.625. The number of piperazine rings is 1. The number of nitrogens with one attached hydrogen (secondary N) is 1. The molecule has 0 aromatic heterocycles.